The van der Waals surface area contributed by atoms with Crippen LogP contribution in [0.1, 0.15) is 26.5 Å². The molecule has 142 valence electrons. The fourth-order valence-electron chi connectivity index (χ4n) is 2.22. The molecule has 1 heterocycles. The number of benzene rings is 1. The molecule has 0 spiro atoms. The molecule has 0 unspecified atom stereocenters. The van der Waals surface area contributed by atoms with Gasteiger partial charge in [-0.15, -0.1) is 0 Å². The lowest BCUT2D eigenvalue weighted by Gasteiger charge is -2.20. The Balaban J connectivity index is 1.89. The number of guanidine groups is 1. The smallest absolute Gasteiger partial charge is 0.191 e. The maximum atomic E-state index is 13.0. The monoisotopic (exact) mass is 377 g/mol. The second kappa shape index (κ2) is 9.62. The Morgan fingerprint density at radius 1 is 1.23 bits per heavy atom. The van der Waals surface area contributed by atoms with E-state index in [2.05, 4.69) is 47.8 Å². The Labute approximate surface area is 159 Å². The van der Waals surface area contributed by atoms with E-state index in [4.69, 9.17) is 0 Å². The first-order valence-electron chi connectivity index (χ1n) is 8.81. The van der Waals surface area contributed by atoms with Gasteiger partial charge in [0, 0.05) is 30.5 Å². The number of nitrogens with zero attached hydrogens (tertiary/aromatic N) is 3. The van der Waals surface area contributed by atoms with Gasteiger partial charge >= 0.3 is 0 Å². The summed E-state index contributed by atoms with van der Waals surface area (Å²) in [5.74, 6) is 0.581. The van der Waals surface area contributed by atoms with E-state index in [0.29, 0.717) is 0 Å². The molecule has 0 aliphatic carbocycles. The van der Waals surface area contributed by atoms with Crippen molar-refractivity contribution in [3.05, 3.63) is 48.0 Å². The number of halogens is 1. The van der Waals surface area contributed by atoms with E-state index < -0.39 is 0 Å². The molecule has 7 heteroatoms. The maximum absolute atomic E-state index is 13.0. The molecule has 2 aromatic rings. The lowest BCUT2D eigenvalue weighted by Crippen LogP contribution is -2.39. The molecule has 0 saturated heterocycles. The van der Waals surface area contributed by atoms with Gasteiger partial charge in [-0.1, -0.05) is 0 Å². The summed E-state index contributed by atoms with van der Waals surface area (Å²) in [5, 5.41) is 11.2. The van der Waals surface area contributed by atoms with Gasteiger partial charge in [-0.2, -0.15) is 16.9 Å². The van der Waals surface area contributed by atoms with Crippen LogP contribution >= 0.6 is 11.8 Å². The first kappa shape index (κ1) is 20.3. The van der Waals surface area contributed by atoms with Crippen LogP contribution < -0.4 is 10.6 Å². The quantitative estimate of drug-likeness (QED) is 0.548. The second-order valence-corrected chi connectivity index (χ2v) is 8.08. The van der Waals surface area contributed by atoms with Gasteiger partial charge < -0.3 is 10.6 Å². The van der Waals surface area contributed by atoms with Gasteiger partial charge in [0.05, 0.1) is 17.9 Å². The Morgan fingerprint density at radius 2 is 1.96 bits per heavy atom. The van der Waals surface area contributed by atoms with Crippen molar-refractivity contribution < 1.29 is 4.39 Å². The van der Waals surface area contributed by atoms with Crippen molar-refractivity contribution in [3.8, 4) is 5.69 Å². The topological polar surface area (TPSA) is 54.2 Å². The van der Waals surface area contributed by atoms with Crippen LogP contribution in [0.5, 0.6) is 0 Å². The first-order valence-corrected chi connectivity index (χ1v) is 10.0. The summed E-state index contributed by atoms with van der Waals surface area (Å²) in [5.41, 5.74) is 1.82. The van der Waals surface area contributed by atoms with Crippen LogP contribution in [0.3, 0.4) is 0 Å². The second-order valence-electron chi connectivity index (χ2n) is 6.56. The fraction of sp³-hybridized carbons (Fsp3) is 0.474. The molecule has 0 amide bonds. The van der Waals surface area contributed by atoms with Gasteiger partial charge in [-0.05, 0) is 57.4 Å². The third-order valence-electron chi connectivity index (χ3n) is 3.92. The molecule has 1 aromatic carbocycles. The van der Waals surface area contributed by atoms with E-state index in [1.54, 1.807) is 16.8 Å². The summed E-state index contributed by atoms with van der Waals surface area (Å²) in [6.45, 7) is 8.75. The predicted octanol–water partition coefficient (Wildman–Crippen LogP) is 3.25. The van der Waals surface area contributed by atoms with E-state index in [-0.39, 0.29) is 10.6 Å². The summed E-state index contributed by atoms with van der Waals surface area (Å²) in [6, 6.07) is 8.29. The summed E-state index contributed by atoms with van der Waals surface area (Å²) in [6.07, 6.45) is 4.78. The van der Waals surface area contributed by atoms with Crippen molar-refractivity contribution in [1.82, 2.24) is 20.4 Å². The molecule has 0 radical (unpaired) electrons. The summed E-state index contributed by atoms with van der Waals surface area (Å²) in [4.78, 5) is 4.66. The lowest BCUT2D eigenvalue weighted by molar-refractivity contribution is 0.627. The number of hydrogen-bond donors (Lipinski definition) is 2. The molecule has 1 aromatic heterocycles. The molecule has 0 atom stereocenters. The number of thioether (sulfide) groups is 1. The van der Waals surface area contributed by atoms with Crippen LogP contribution in [0, 0.1) is 5.82 Å². The molecule has 5 nitrogen and oxygen atoms in total. The zero-order chi connectivity index (χ0) is 19.0. The minimum Gasteiger partial charge on any atom is -0.357 e. The summed E-state index contributed by atoms with van der Waals surface area (Å²) >= 11 is 1.81. The van der Waals surface area contributed by atoms with Gasteiger partial charge in [0.1, 0.15) is 5.82 Å². The van der Waals surface area contributed by atoms with Crippen LogP contribution in [0.2, 0.25) is 0 Å². The highest BCUT2D eigenvalue weighted by molar-refractivity contribution is 7.99. The maximum Gasteiger partial charge on any atom is 0.191 e. The average Bonchev–Trinajstić information content (AvgIpc) is 3.09. The predicted molar refractivity (Wildman–Crippen MR) is 109 cm³/mol. The molecule has 0 bridgehead atoms. The largest absolute Gasteiger partial charge is 0.357 e. The zero-order valence-electron chi connectivity index (χ0n) is 15.9. The first-order chi connectivity index (χ1) is 12.4. The Bertz CT molecular complexity index is 709. The molecule has 26 heavy (non-hydrogen) atoms. The molecular weight excluding hydrogens is 349 g/mol. The molecule has 2 N–H and O–H groups in total. The molecule has 0 aliphatic heterocycles. The molecule has 2 rings (SSSR count). The zero-order valence-corrected chi connectivity index (χ0v) is 16.7. The highest BCUT2D eigenvalue weighted by atomic mass is 32.2. The number of nitrogens with one attached hydrogen (secondary N) is 2. The fourth-order valence-corrected chi connectivity index (χ4v) is 2.41. The standard InChI is InChI=1S/C19H28FN5S/c1-5-21-18(23-14-19(2,3)26-4)22-12-10-16-11-13-25(24-16)17-8-6-15(20)7-9-17/h6-9,11,13H,5,10,12,14H2,1-4H3,(H2,21,22,23). The third-order valence-corrected chi connectivity index (χ3v) is 5.16. The molecular formula is C19H28FN5S. The van der Waals surface area contributed by atoms with Crippen LogP contribution in [0.15, 0.2) is 41.5 Å². The van der Waals surface area contributed by atoms with Gasteiger partial charge in [-0.25, -0.2) is 9.07 Å². The van der Waals surface area contributed by atoms with Crippen LogP contribution in [0.4, 0.5) is 4.39 Å². The van der Waals surface area contributed by atoms with Crippen molar-refractivity contribution in [2.45, 2.75) is 31.9 Å². The van der Waals surface area contributed by atoms with Crippen molar-refractivity contribution in [3.63, 3.8) is 0 Å². The number of hydrogen-bond acceptors (Lipinski definition) is 3. The minimum absolute atomic E-state index is 0.121. The molecule has 0 aliphatic rings. The van der Waals surface area contributed by atoms with Crippen molar-refractivity contribution in [1.29, 1.82) is 0 Å². The highest BCUT2D eigenvalue weighted by Crippen LogP contribution is 2.20. The summed E-state index contributed by atoms with van der Waals surface area (Å²) in [7, 11) is 0. The van der Waals surface area contributed by atoms with Gasteiger partial charge in [0.2, 0.25) is 0 Å². The van der Waals surface area contributed by atoms with Crippen LogP contribution in [-0.4, -0.2) is 46.4 Å². The number of aliphatic imine (C=N–C) groups is 1. The van der Waals surface area contributed by atoms with Crippen LogP contribution in [0.25, 0.3) is 5.69 Å². The average molecular weight is 378 g/mol. The van der Waals surface area contributed by atoms with Crippen molar-refractivity contribution in [2.75, 3.05) is 25.9 Å². The third kappa shape index (κ3) is 6.37. The van der Waals surface area contributed by atoms with Gasteiger partial charge in [-0.3, -0.25) is 4.99 Å². The van der Waals surface area contributed by atoms with E-state index in [9.17, 15) is 4.39 Å². The minimum atomic E-state index is -0.245. The SMILES string of the molecule is CCNC(=NCC(C)(C)SC)NCCc1ccn(-c2ccc(F)cc2)n1. The van der Waals surface area contributed by atoms with Gasteiger partial charge in [0.25, 0.3) is 0 Å². The van der Waals surface area contributed by atoms with E-state index >= 15 is 0 Å². The Kier molecular flexibility index (Phi) is 7.50. The van der Waals surface area contributed by atoms with Crippen LogP contribution in [-0.2, 0) is 6.42 Å². The highest BCUT2D eigenvalue weighted by Gasteiger charge is 2.15. The Hall–Kier alpha value is -2.02. The number of aromatic nitrogens is 2. The molecule has 0 fully saturated rings. The normalized spacial score (nSPS) is 12.3. The number of rotatable bonds is 8. The lowest BCUT2D eigenvalue weighted by atomic mass is 10.2. The summed E-state index contributed by atoms with van der Waals surface area (Å²) < 4.78 is 14.9. The molecule has 0 saturated carbocycles. The van der Waals surface area contributed by atoms with Crippen molar-refractivity contribution >= 4 is 17.7 Å². The van der Waals surface area contributed by atoms with E-state index in [1.807, 2.05) is 24.0 Å². The van der Waals surface area contributed by atoms with Crippen molar-refractivity contribution in [2.24, 2.45) is 4.99 Å². The van der Waals surface area contributed by atoms with E-state index in [0.717, 1.165) is 43.4 Å². The van der Waals surface area contributed by atoms with Gasteiger partial charge in [0.15, 0.2) is 5.96 Å². The van der Waals surface area contributed by atoms with E-state index in [1.165, 1.54) is 12.1 Å². The Morgan fingerprint density at radius 3 is 2.62 bits per heavy atom.